The van der Waals surface area contributed by atoms with Gasteiger partial charge in [0.2, 0.25) is 17.7 Å². The number of benzene rings is 4. The number of carboxylic acids is 3. The average molecular weight is 1830 g/mol. The average Bonchev–Trinajstić information content (AvgIpc) is 1.60. The molecule has 3 heterocycles. The van der Waals surface area contributed by atoms with Crippen LogP contribution in [0.2, 0.25) is 0 Å². The molecule has 20 fully saturated rings. The molecule has 8 bridgehead atoms. The Morgan fingerprint density at radius 2 is 0.692 bits per heavy atom. The maximum absolute atomic E-state index is 13.3. The fraction of sp³-hybridized carbons (Fsp3) is 0.614. The van der Waals surface area contributed by atoms with E-state index in [1.165, 1.54) is 42.9 Å². The number of nitrogens with two attached hydrogens (primary N) is 1. The van der Waals surface area contributed by atoms with Crippen molar-refractivity contribution in [2.45, 2.75) is 314 Å². The van der Waals surface area contributed by atoms with Crippen LogP contribution in [0.5, 0.6) is 0 Å². The molecule has 708 valence electrons. The summed E-state index contributed by atoms with van der Waals surface area (Å²) in [5.74, 6) is 3.20. The molecule has 4 aromatic carbocycles. The summed E-state index contributed by atoms with van der Waals surface area (Å²) < 4.78 is 43.8. The third-order valence-electron chi connectivity index (χ3n) is 32.0. The minimum absolute atomic E-state index is 0.0135. The Labute approximate surface area is 772 Å². The lowest BCUT2D eigenvalue weighted by molar-refractivity contribution is -0.232. The van der Waals surface area contributed by atoms with E-state index in [1.54, 1.807) is 4.90 Å². The van der Waals surface area contributed by atoms with Crippen LogP contribution in [0.25, 0.3) is 0 Å². The van der Waals surface area contributed by atoms with Gasteiger partial charge in [0.1, 0.15) is 22.6 Å². The Hall–Kier alpha value is -11.3. The summed E-state index contributed by atoms with van der Waals surface area (Å²) in [5, 5.41) is 56.4. The van der Waals surface area contributed by atoms with E-state index in [9.17, 15) is 48.6 Å². The highest BCUT2D eigenvalue weighted by Gasteiger charge is 2.79. The SMILES string of the molecule is CC(C)(C)OC(=O)N(CC1(C(N)=NO)CC1)[C@H]1CC1c1ccccc1.CC(C)(C)OC(=O)N(CC1(c2noc(C34CC(C(=O)O)(C3)C4)n2)CC1)[C@H]1CC1c1ccccc1.COC(=O)C12CC(C(=O)O)(C1)C2.COC(=O)C12CC(c3nc(C4(CN(C(=O)OC(C)(C)C)[C@H]5CC5c5ccccc5)CC4)no3)(C1)C2.O=C(O)C12CC(c3nc(C4(CN[C@H]5CC5c5ccccc5)CC4)no3)(C1)C2. The quantitative estimate of drug-likeness (QED) is 0.00662. The molecule has 3 amide bonds. The van der Waals surface area contributed by atoms with E-state index < -0.39 is 61.8 Å². The van der Waals surface area contributed by atoms with Gasteiger partial charge in [0.15, 0.2) is 17.5 Å². The van der Waals surface area contributed by atoms with Crippen molar-refractivity contribution < 1.29 is 96.1 Å². The number of hydrogen-bond acceptors (Lipinski definition) is 25. The molecule has 133 heavy (non-hydrogen) atoms. The summed E-state index contributed by atoms with van der Waals surface area (Å²) in [5.41, 5.74) is 5.25. The van der Waals surface area contributed by atoms with Crippen molar-refractivity contribution >= 4 is 54.0 Å². The van der Waals surface area contributed by atoms with Crippen molar-refractivity contribution in [3.63, 3.8) is 0 Å². The monoisotopic (exact) mass is 1820 g/mol. The molecule has 0 spiro atoms. The third-order valence-corrected chi connectivity index (χ3v) is 32.0. The number of oxime groups is 1. The molecular weight excluding hydrogens is 1700 g/mol. The van der Waals surface area contributed by atoms with Gasteiger partial charge in [0, 0.05) is 84.8 Å². The molecule has 20 aliphatic rings. The number of amidine groups is 1. The Balaban J connectivity index is 0.000000110. The first-order valence-electron chi connectivity index (χ1n) is 47.3. The number of aliphatic carboxylic acids is 3. The highest BCUT2D eigenvalue weighted by molar-refractivity contribution is 5.91. The molecule has 3 aromatic heterocycles. The second-order valence-corrected chi connectivity index (χ2v) is 45.7. The summed E-state index contributed by atoms with van der Waals surface area (Å²) >= 11 is 0. The Morgan fingerprint density at radius 1 is 0.406 bits per heavy atom. The van der Waals surface area contributed by atoms with E-state index in [0.717, 1.165) is 83.0 Å². The first kappa shape index (κ1) is 90.8. The van der Waals surface area contributed by atoms with Crippen LogP contribution in [0.15, 0.2) is 140 Å². The molecule has 0 aliphatic heterocycles. The zero-order valence-electron chi connectivity index (χ0n) is 77.8. The molecule has 4 unspecified atom stereocenters. The van der Waals surface area contributed by atoms with Crippen LogP contribution in [0.1, 0.15) is 297 Å². The Morgan fingerprint density at radius 3 is 0.977 bits per heavy atom. The smallest absolute Gasteiger partial charge is 0.410 e. The molecule has 32 heteroatoms. The zero-order valence-corrected chi connectivity index (χ0v) is 77.8. The standard InChI is InChI=1S/C27H33N3O5.C26H31N3O5.C21H23N3O3.C19H27N3O3.C8H10O4/c1-24(2,3)34-23(32)30(19-12-18(19)17-8-6-5-7-9-17)16-25(10-11-25)20-28-21(35-29-20)26-13-27(14-26,15-26)22(31)33-4;1-23(2,3)33-22(32)29(18-11-17(18)16-7-5-4-6-8-16)15-24(9-10-24)19-27-20(34-28-19)25-12-26(13-25,14-25)21(30)31;25-18(26)21-9-20(10-21,11-21)17-23-16(24-27-17)19(6-7-19)12-22-15-8-14(15)13-4-2-1-3-5-13;1-18(2,3)25-17(23)22(12-19(9-10-19)16(20)21-24)15-11-14(15)13-7-5-4-6-8-13;1-12-6(11)8-2-7(3-8,4-8)5(9)10/h5-9,18-19H,10-16H2,1-4H3;4-8,17-18H,9-15H2,1-3H3,(H,30,31);1-5,14-15,22H,6-12H2,(H,25,26);4-8,14-15,24H,9-12H2,1-3H3,(H2,20,21);2-4H2,1H3,(H,9,10)/t18?,19-,26?,27?;17?,18-,25?,26?;14?,15-,20?,21?;14?,15-;/m0000./s1. The zero-order chi connectivity index (χ0) is 94.1. The number of carbonyl (C=O) groups excluding carboxylic acids is 5. The summed E-state index contributed by atoms with van der Waals surface area (Å²) in [7, 11) is 2.78. The number of methoxy groups -OCH3 is 2. The molecular formula is C101H124N12O20. The number of nitrogens with zero attached hydrogens (tertiary/aromatic N) is 10. The molecule has 0 radical (unpaired) electrons. The van der Waals surface area contributed by atoms with E-state index >= 15 is 0 Å². The van der Waals surface area contributed by atoms with Crippen molar-refractivity contribution in [1.29, 1.82) is 0 Å². The summed E-state index contributed by atoms with van der Waals surface area (Å²) in [6.45, 7) is 19.3. The molecule has 8 atom stereocenters. The lowest BCUT2D eigenvalue weighted by atomic mass is 9.35. The second-order valence-electron chi connectivity index (χ2n) is 45.7. The molecule has 20 aliphatic carbocycles. The summed E-state index contributed by atoms with van der Waals surface area (Å²) in [6.07, 6.45) is 17.7. The molecule has 27 rings (SSSR count). The van der Waals surface area contributed by atoms with Crippen molar-refractivity contribution in [2.24, 2.45) is 43.4 Å². The topological polar surface area (TPSA) is 441 Å². The molecule has 7 N–H and O–H groups in total. The van der Waals surface area contributed by atoms with E-state index in [1.807, 2.05) is 127 Å². The second kappa shape index (κ2) is 31.9. The normalized spacial score (nSPS) is 32.5. The van der Waals surface area contributed by atoms with Crippen molar-refractivity contribution in [1.82, 2.24) is 50.4 Å². The van der Waals surface area contributed by atoms with Gasteiger partial charge in [-0.05, 0) is 239 Å². The first-order chi connectivity index (χ1) is 63.0. The maximum Gasteiger partial charge on any atom is 0.410 e. The van der Waals surface area contributed by atoms with Gasteiger partial charge in [-0.2, -0.15) is 15.0 Å². The van der Waals surface area contributed by atoms with Crippen molar-refractivity contribution in [3.05, 3.63) is 179 Å². The molecule has 7 aromatic rings. The number of aromatic nitrogens is 6. The van der Waals surface area contributed by atoms with Crippen molar-refractivity contribution in [2.75, 3.05) is 40.4 Å². The van der Waals surface area contributed by atoms with Crippen LogP contribution in [-0.2, 0) is 80.1 Å². The van der Waals surface area contributed by atoms with Crippen LogP contribution in [-0.4, -0.2) is 201 Å². The third kappa shape index (κ3) is 16.8. The first-order valence-corrected chi connectivity index (χ1v) is 47.3. The summed E-state index contributed by atoms with van der Waals surface area (Å²) in [6, 6.07) is 42.4. The number of esters is 2. The highest BCUT2D eigenvalue weighted by Crippen LogP contribution is 2.77. The lowest BCUT2D eigenvalue weighted by Crippen LogP contribution is -2.68. The van der Waals surface area contributed by atoms with Crippen LogP contribution >= 0.6 is 0 Å². The minimum Gasteiger partial charge on any atom is -0.481 e. The number of amides is 3. The fourth-order valence-electron chi connectivity index (χ4n) is 23.4. The number of ether oxygens (including phenoxy) is 5. The summed E-state index contributed by atoms with van der Waals surface area (Å²) in [4.78, 5) is 116. The van der Waals surface area contributed by atoms with Gasteiger partial charge in [-0.25, -0.2) is 14.4 Å². The van der Waals surface area contributed by atoms with E-state index in [-0.39, 0.29) is 92.1 Å². The van der Waals surface area contributed by atoms with E-state index in [2.05, 4.69) is 97.4 Å². The van der Waals surface area contributed by atoms with Gasteiger partial charge < -0.3 is 83.5 Å². The van der Waals surface area contributed by atoms with Crippen LogP contribution in [0.4, 0.5) is 14.4 Å². The highest BCUT2D eigenvalue weighted by atomic mass is 16.6. The Kier molecular flexibility index (Phi) is 21.8. The van der Waals surface area contributed by atoms with E-state index in [0.29, 0.717) is 156 Å². The maximum atomic E-state index is 13.3. The number of carboxylic acid groups (broad SMARTS) is 3. The van der Waals surface area contributed by atoms with Gasteiger partial charge >= 0.3 is 48.1 Å². The fourth-order valence-corrected chi connectivity index (χ4v) is 23.4. The number of carbonyl (C=O) groups is 8. The van der Waals surface area contributed by atoms with Crippen LogP contribution < -0.4 is 11.1 Å². The van der Waals surface area contributed by atoms with Gasteiger partial charge in [-0.1, -0.05) is 142 Å². The van der Waals surface area contributed by atoms with E-state index in [4.69, 9.17) is 63.5 Å². The van der Waals surface area contributed by atoms with Crippen LogP contribution in [0.3, 0.4) is 0 Å². The van der Waals surface area contributed by atoms with Gasteiger partial charge in [0.25, 0.3) is 0 Å². The predicted octanol–water partition coefficient (Wildman–Crippen LogP) is 15.4. The number of nitrogens with one attached hydrogen (secondary N) is 1. The number of rotatable bonds is 28. The molecule has 32 nitrogen and oxygen atoms in total. The Bertz CT molecular complexity index is 5620. The predicted molar refractivity (Wildman–Crippen MR) is 477 cm³/mol. The molecule has 20 saturated carbocycles. The minimum atomic E-state index is -0.770. The largest absolute Gasteiger partial charge is 0.481 e. The van der Waals surface area contributed by atoms with Gasteiger partial charge in [-0.3, -0.25) is 24.0 Å². The van der Waals surface area contributed by atoms with Gasteiger partial charge in [0.05, 0.1) is 68.4 Å². The van der Waals surface area contributed by atoms with Gasteiger partial charge in [-0.15, -0.1) is 0 Å². The lowest BCUT2D eigenvalue weighted by Gasteiger charge is -2.66. The molecule has 0 saturated heterocycles. The number of hydrogen-bond donors (Lipinski definition) is 6. The van der Waals surface area contributed by atoms with Crippen molar-refractivity contribution in [3.8, 4) is 0 Å². The van der Waals surface area contributed by atoms with Crippen LogP contribution in [0, 0.1) is 32.5 Å².